The Hall–Kier alpha value is -3.50. The maximum absolute atomic E-state index is 12.4. The number of nitro benzene ring substituents is 1. The SMILES string of the molecule is NC(=NCCNc1ccccc1[N+](=O)[O-])Nc1ccccc1OC(F)(F)F. The lowest BCUT2D eigenvalue weighted by Crippen LogP contribution is -2.25. The lowest BCUT2D eigenvalue weighted by Gasteiger charge is -2.14. The van der Waals surface area contributed by atoms with Crippen LogP contribution in [0.3, 0.4) is 0 Å². The maximum Gasteiger partial charge on any atom is 0.573 e. The Balaban J connectivity index is 1.93. The van der Waals surface area contributed by atoms with Gasteiger partial charge in [-0.1, -0.05) is 24.3 Å². The Morgan fingerprint density at radius 3 is 2.44 bits per heavy atom. The van der Waals surface area contributed by atoms with Crippen LogP contribution < -0.4 is 21.1 Å². The van der Waals surface area contributed by atoms with Gasteiger partial charge in [0.25, 0.3) is 5.69 Å². The van der Waals surface area contributed by atoms with Crippen LogP contribution in [-0.4, -0.2) is 30.3 Å². The summed E-state index contributed by atoms with van der Waals surface area (Å²) in [5.41, 5.74) is 5.91. The zero-order chi connectivity index (χ0) is 19.9. The number of benzene rings is 2. The third-order valence-corrected chi connectivity index (χ3v) is 3.19. The van der Waals surface area contributed by atoms with E-state index in [1.807, 2.05) is 0 Å². The molecule has 4 N–H and O–H groups in total. The largest absolute Gasteiger partial charge is 0.573 e. The molecule has 11 heteroatoms. The number of nitrogens with one attached hydrogen (secondary N) is 2. The number of nitrogens with zero attached hydrogens (tertiary/aromatic N) is 2. The van der Waals surface area contributed by atoms with E-state index < -0.39 is 17.0 Å². The monoisotopic (exact) mass is 383 g/mol. The van der Waals surface area contributed by atoms with E-state index in [1.165, 1.54) is 24.3 Å². The molecule has 27 heavy (non-hydrogen) atoms. The van der Waals surface area contributed by atoms with Gasteiger partial charge >= 0.3 is 6.36 Å². The molecule has 0 saturated carbocycles. The van der Waals surface area contributed by atoms with Crippen LogP contribution in [0.1, 0.15) is 0 Å². The minimum atomic E-state index is -4.84. The first-order chi connectivity index (χ1) is 12.8. The quantitative estimate of drug-likeness (QED) is 0.222. The van der Waals surface area contributed by atoms with Gasteiger partial charge in [-0.05, 0) is 18.2 Å². The van der Waals surface area contributed by atoms with Crippen LogP contribution >= 0.6 is 0 Å². The number of nitro groups is 1. The predicted molar refractivity (Wildman–Crippen MR) is 94.8 cm³/mol. The molecule has 2 aromatic rings. The lowest BCUT2D eigenvalue weighted by atomic mass is 10.2. The average molecular weight is 383 g/mol. The van der Waals surface area contributed by atoms with Crippen molar-refractivity contribution in [3.8, 4) is 5.75 Å². The number of aliphatic imine (C=N–C) groups is 1. The summed E-state index contributed by atoms with van der Waals surface area (Å²) in [7, 11) is 0. The second-order valence-electron chi connectivity index (χ2n) is 5.14. The summed E-state index contributed by atoms with van der Waals surface area (Å²) in [6.07, 6.45) is -4.84. The van der Waals surface area contributed by atoms with E-state index in [0.717, 1.165) is 6.07 Å². The normalized spacial score (nSPS) is 11.7. The van der Waals surface area contributed by atoms with Crippen LogP contribution in [0.2, 0.25) is 0 Å². The van der Waals surface area contributed by atoms with E-state index in [-0.39, 0.29) is 30.4 Å². The summed E-state index contributed by atoms with van der Waals surface area (Å²) < 4.78 is 41.1. The van der Waals surface area contributed by atoms with Gasteiger partial charge < -0.3 is 21.1 Å². The molecular formula is C16H16F3N5O3. The molecule has 2 rings (SSSR count). The Morgan fingerprint density at radius 2 is 1.78 bits per heavy atom. The van der Waals surface area contributed by atoms with Crippen LogP contribution in [0.5, 0.6) is 5.75 Å². The highest BCUT2D eigenvalue weighted by Gasteiger charge is 2.32. The lowest BCUT2D eigenvalue weighted by molar-refractivity contribution is -0.384. The first-order valence-corrected chi connectivity index (χ1v) is 7.65. The predicted octanol–water partition coefficient (Wildman–Crippen LogP) is 3.33. The minimum Gasteiger partial charge on any atom is -0.404 e. The van der Waals surface area contributed by atoms with Crippen molar-refractivity contribution in [2.45, 2.75) is 6.36 Å². The smallest absolute Gasteiger partial charge is 0.404 e. The number of hydrogen-bond donors (Lipinski definition) is 3. The van der Waals surface area contributed by atoms with Crippen molar-refractivity contribution in [1.29, 1.82) is 0 Å². The third-order valence-electron chi connectivity index (χ3n) is 3.19. The number of nitrogens with two attached hydrogens (primary N) is 1. The molecule has 0 saturated heterocycles. The number of rotatable bonds is 7. The summed E-state index contributed by atoms with van der Waals surface area (Å²) in [6.45, 7) is 0.362. The van der Waals surface area contributed by atoms with Gasteiger partial charge in [0.1, 0.15) is 5.69 Å². The van der Waals surface area contributed by atoms with Gasteiger partial charge in [0.2, 0.25) is 0 Å². The Kier molecular flexibility index (Phi) is 6.41. The van der Waals surface area contributed by atoms with E-state index in [0.29, 0.717) is 5.69 Å². The molecule has 0 bridgehead atoms. The van der Waals surface area contributed by atoms with E-state index in [9.17, 15) is 23.3 Å². The molecule has 0 atom stereocenters. The van der Waals surface area contributed by atoms with Gasteiger partial charge in [-0.3, -0.25) is 15.1 Å². The molecule has 0 aliphatic carbocycles. The van der Waals surface area contributed by atoms with Gasteiger partial charge in [-0.15, -0.1) is 13.2 Å². The second kappa shape index (κ2) is 8.74. The third kappa shape index (κ3) is 6.38. The van der Waals surface area contributed by atoms with Crippen molar-refractivity contribution in [3.05, 3.63) is 58.6 Å². The van der Waals surface area contributed by atoms with Crippen molar-refractivity contribution >= 4 is 23.0 Å². The van der Waals surface area contributed by atoms with Crippen molar-refractivity contribution in [1.82, 2.24) is 0 Å². The molecule has 0 radical (unpaired) electrons. The maximum atomic E-state index is 12.4. The Morgan fingerprint density at radius 1 is 1.15 bits per heavy atom. The van der Waals surface area contributed by atoms with Gasteiger partial charge in [0, 0.05) is 12.6 Å². The van der Waals surface area contributed by atoms with Crippen molar-refractivity contribution in [2.75, 3.05) is 23.7 Å². The van der Waals surface area contributed by atoms with Crippen LogP contribution in [0.4, 0.5) is 30.2 Å². The van der Waals surface area contributed by atoms with Crippen molar-refractivity contribution in [2.24, 2.45) is 10.7 Å². The zero-order valence-corrected chi connectivity index (χ0v) is 13.9. The number of ether oxygens (including phenoxy) is 1. The van der Waals surface area contributed by atoms with E-state index in [2.05, 4.69) is 20.4 Å². The molecule has 0 fully saturated rings. The fourth-order valence-electron chi connectivity index (χ4n) is 2.11. The number of guanidine groups is 1. The molecule has 0 aromatic heterocycles. The van der Waals surface area contributed by atoms with Crippen LogP contribution in [-0.2, 0) is 0 Å². The zero-order valence-electron chi connectivity index (χ0n) is 13.9. The van der Waals surface area contributed by atoms with Crippen molar-refractivity contribution in [3.63, 3.8) is 0 Å². The molecule has 0 aliphatic rings. The number of para-hydroxylation sites is 4. The molecule has 2 aromatic carbocycles. The van der Waals surface area contributed by atoms with Gasteiger partial charge in [-0.25, -0.2) is 0 Å². The number of alkyl halides is 3. The average Bonchev–Trinajstić information content (AvgIpc) is 2.59. The van der Waals surface area contributed by atoms with E-state index in [4.69, 9.17) is 5.73 Å². The summed E-state index contributed by atoms with van der Waals surface area (Å²) in [5, 5.41) is 16.3. The Labute approximate surface area is 152 Å². The molecule has 0 spiro atoms. The van der Waals surface area contributed by atoms with Crippen molar-refractivity contribution < 1.29 is 22.8 Å². The highest BCUT2D eigenvalue weighted by atomic mass is 19.4. The summed E-state index contributed by atoms with van der Waals surface area (Å²) in [5.74, 6) is -0.571. The highest BCUT2D eigenvalue weighted by Crippen LogP contribution is 2.29. The van der Waals surface area contributed by atoms with Crippen LogP contribution in [0.25, 0.3) is 0 Å². The first kappa shape index (κ1) is 19.8. The van der Waals surface area contributed by atoms with Gasteiger partial charge in [-0.2, -0.15) is 0 Å². The summed E-state index contributed by atoms with van der Waals surface area (Å²) >= 11 is 0. The fraction of sp³-hybridized carbons (Fsp3) is 0.188. The summed E-state index contributed by atoms with van der Waals surface area (Å²) in [6, 6.07) is 11.5. The number of hydrogen-bond acceptors (Lipinski definition) is 5. The fourth-order valence-corrected chi connectivity index (χ4v) is 2.11. The van der Waals surface area contributed by atoms with Crippen LogP contribution in [0.15, 0.2) is 53.5 Å². The second-order valence-corrected chi connectivity index (χ2v) is 5.14. The number of anilines is 2. The standard InChI is InChI=1S/C16H16F3N5O3/c17-16(18,19)27-14-8-4-2-6-12(14)23-15(20)22-10-9-21-11-5-1-3-7-13(11)24(25)26/h1-8,21H,9-10H2,(H3,20,22,23). The van der Waals surface area contributed by atoms with Gasteiger partial charge in [0.05, 0.1) is 17.2 Å². The van der Waals surface area contributed by atoms with Crippen LogP contribution in [0, 0.1) is 10.1 Å². The molecule has 0 unspecified atom stereocenters. The van der Waals surface area contributed by atoms with E-state index >= 15 is 0 Å². The van der Waals surface area contributed by atoms with E-state index in [1.54, 1.807) is 18.2 Å². The topological polar surface area (TPSA) is 115 Å². The molecule has 144 valence electrons. The minimum absolute atomic E-state index is 0.00253. The summed E-state index contributed by atoms with van der Waals surface area (Å²) in [4.78, 5) is 14.4. The van der Waals surface area contributed by atoms with Gasteiger partial charge in [0.15, 0.2) is 11.7 Å². The Bertz CT molecular complexity index is 827. The number of halogens is 3. The molecular weight excluding hydrogens is 367 g/mol. The molecule has 8 nitrogen and oxygen atoms in total. The first-order valence-electron chi connectivity index (χ1n) is 7.65. The molecule has 0 heterocycles. The highest BCUT2D eigenvalue weighted by molar-refractivity contribution is 5.93. The molecule has 0 amide bonds. The molecule has 0 aliphatic heterocycles.